The molecule has 4 rings (SSSR count). The predicted molar refractivity (Wildman–Crippen MR) is 117 cm³/mol. The van der Waals surface area contributed by atoms with Crippen LogP contribution in [-0.4, -0.2) is 16.3 Å². The summed E-state index contributed by atoms with van der Waals surface area (Å²) < 4.78 is 0. The van der Waals surface area contributed by atoms with Crippen molar-refractivity contribution >= 4 is 45.4 Å². The van der Waals surface area contributed by atoms with E-state index in [9.17, 15) is 4.79 Å². The van der Waals surface area contributed by atoms with Crippen LogP contribution in [0.25, 0.3) is 21.5 Å². The lowest BCUT2D eigenvalue weighted by molar-refractivity contribution is 0.0672. The summed E-state index contributed by atoms with van der Waals surface area (Å²) in [5.41, 5.74) is 5.96. The number of rotatable bonds is 4. The molecular weight excluding hydrogens is 386 g/mol. The maximum atomic E-state index is 12.0. The van der Waals surface area contributed by atoms with Gasteiger partial charge < -0.3 is 15.4 Å². The average Bonchev–Trinajstić information content (AvgIpc) is 2.75. The van der Waals surface area contributed by atoms with Crippen LogP contribution in [0.15, 0.2) is 90.1 Å². The van der Waals surface area contributed by atoms with Gasteiger partial charge in [0.25, 0.3) is 5.96 Å². The molecule has 4 aromatic rings. The minimum absolute atomic E-state index is 0.286. The molecule has 4 aromatic carbocycles. The van der Waals surface area contributed by atoms with Crippen LogP contribution in [0.4, 0.5) is 4.79 Å². The summed E-state index contributed by atoms with van der Waals surface area (Å²) in [6, 6.07) is 26.4. The number of amides is 1. The fraction of sp³-hybridized carbons (Fsp3) is 0. The quantitative estimate of drug-likeness (QED) is 0.219. The van der Waals surface area contributed by atoms with Crippen LogP contribution >= 0.6 is 12.6 Å². The SMILES string of the molecule is NC(=NOc1cccc2ccccc12)N(Oc1cccc2ccccc12)C(=O)S. The van der Waals surface area contributed by atoms with Gasteiger partial charge in [0.2, 0.25) is 0 Å². The second kappa shape index (κ2) is 8.12. The molecule has 6 nitrogen and oxygen atoms in total. The first-order valence-corrected chi connectivity index (χ1v) is 9.25. The Morgan fingerprint density at radius 1 is 0.793 bits per heavy atom. The van der Waals surface area contributed by atoms with Crippen LogP contribution in [0, 0.1) is 0 Å². The van der Waals surface area contributed by atoms with Crippen molar-refractivity contribution in [3.05, 3.63) is 84.9 Å². The van der Waals surface area contributed by atoms with Crippen LogP contribution in [-0.2, 0) is 0 Å². The van der Waals surface area contributed by atoms with Crippen molar-refractivity contribution in [1.82, 2.24) is 5.06 Å². The molecule has 0 radical (unpaired) electrons. The minimum atomic E-state index is -0.735. The Labute approximate surface area is 172 Å². The summed E-state index contributed by atoms with van der Waals surface area (Å²) in [6.07, 6.45) is 0. The van der Waals surface area contributed by atoms with Gasteiger partial charge in [-0.1, -0.05) is 90.5 Å². The Morgan fingerprint density at radius 3 is 1.93 bits per heavy atom. The summed E-state index contributed by atoms with van der Waals surface area (Å²) in [5, 5.41) is 7.54. The second-order valence-electron chi connectivity index (χ2n) is 6.16. The van der Waals surface area contributed by atoms with E-state index in [0.717, 1.165) is 26.6 Å². The highest BCUT2D eigenvalue weighted by atomic mass is 32.1. The van der Waals surface area contributed by atoms with Crippen LogP contribution in [0.2, 0.25) is 0 Å². The van der Waals surface area contributed by atoms with Crippen molar-refractivity contribution in [3.63, 3.8) is 0 Å². The number of carbonyl (C=O) groups is 1. The van der Waals surface area contributed by atoms with E-state index in [2.05, 4.69) is 17.8 Å². The summed E-state index contributed by atoms with van der Waals surface area (Å²) in [6.45, 7) is 0. The van der Waals surface area contributed by atoms with Gasteiger partial charge >= 0.3 is 5.24 Å². The van der Waals surface area contributed by atoms with Crippen molar-refractivity contribution in [3.8, 4) is 11.5 Å². The first-order chi connectivity index (χ1) is 14.1. The Hall–Kier alpha value is -3.71. The number of fused-ring (bicyclic) bond motifs is 2. The first kappa shape index (κ1) is 18.6. The highest BCUT2D eigenvalue weighted by molar-refractivity contribution is 7.96. The number of guanidine groups is 1. The predicted octanol–water partition coefficient (Wildman–Crippen LogP) is 4.95. The van der Waals surface area contributed by atoms with E-state index < -0.39 is 5.24 Å². The van der Waals surface area contributed by atoms with Crippen molar-refractivity contribution in [2.24, 2.45) is 10.9 Å². The molecule has 0 saturated heterocycles. The van der Waals surface area contributed by atoms with E-state index in [0.29, 0.717) is 11.5 Å². The number of carbonyl (C=O) groups excluding carboxylic acids is 1. The van der Waals surface area contributed by atoms with Crippen LogP contribution in [0.1, 0.15) is 0 Å². The second-order valence-corrected chi connectivity index (χ2v) is 6.55. The molecule has 0 bridgehead atoms. The van der Waals surface area contributed by atoms with Crippen molar-refractivity contribution in [2.75, 3.05) is 0 Å². The molecule has 0 aliphatic heterocycles. The smallest absolute Gasteiger partial charge is 0.319 e. The molecule has 2 N–H and O–H groups in total. The molecule has 7 heteroatoms. The maximum Gasteiger partial charge on any atom is 0.319 e. The van der Waals surface area contributed by atoms with Gasteiger partial charge in [0, 0.05) is 10.8 Å². The van der Waals surface area contributed by atoms with Crippen molar-refractivity contribution in [2.45, 2.75) is 0 Å². The molecule has 1 amide bonds. The average molecular weight is 403 g/mol. The van der Waals surface area contributed by atoms with Gasteiger partial charge in [0.05, 0.1) is 0 Å². The minimum Gasteiger partial charge on any atom is -0.368 e. The van der Waals surface area contributed by atoms with Crippen LogP contribution in [0.3, 0.4) is 0 Å². The monoisotopic (exact) mass is 403 g/mol. The Kier molecular flexibility index (Phi) is 5.22. The fourth-order valence-corrected chi connectivity index (χ4v) is 3.11. The highest BCUT2D eigenvalue weighted by Crippen LogP contribution is 2.27. The molecule has 0 atom stereocenters. The van der Waals surface area contributed by atoms with Gasteiger partial charge in [0.15, 0.2) is 11.5 Å². The zero-order chi connectivity index (χ0) is 20.2. The number of thiol groups is 1. The van der Waals surface area contributed by atoms with Gasteiger partial charge in [-0.15, -0.1) is 0 Å². The Balaban J connectivity index is 1.62. The van der Waals surface area contributed by atoms with E-state index in [1.54, 1.807) is 12.1 Å². The molecular formula is C22H17N3O3S. The molecule has 0 fully saturated rings. The van der Waals surface area contributed by atoms with Crippen molar-refractivity contribution < 1.29 is 14.5 Å². The molecule has 0 aliphatic rings. The van der Waals surface area contributed by atoms with Gasteiger partial charge in [0.1, 0.15) is 0 Å². The van der Waals surface area contributed by atoms with Gasteiger partial charge in [-0.05, 0) is 28.1 Å². The topological polar surface area (TPSA) is 77.2 Å². The molecule has 0 saturated carbocycles. The lowest BCUT2D eigenvalue weighted by Gasteiger charge is -2.19. The third-order valence-electron chi connectivity index (χ3n) is 4.31. The Morgan fingerprint density at radius 2 is 1.31 bits per heavy atom. The highest BCUT2D eigenvalue weighted by Gasteiger charge is 2.19. The molecule has 0 heterocycles. The van der Waals surface area contributed by atoms with E-state index in [1.165, 1.54) is 0 Å². The van der Waals surface area contributed by atoms with Gasteiger partial charge in [-0.3, -0.25) is 4.79 Å². The number of nitrogens with two attached hydrogens (primary N) is 1. The lowest BCUT2D eigenvalue weighted by Crippen LogP contribution is -2.42. The van der Waals surface area contributed by atoms with Crippen molar-refractivity contribution in [1.29, 1.82) is 0 Å². The summed E-state index contributed by atoms with van der Waals surface area (Å²) in [7, 11) is 0. The number of hydrogen-bond donors (Lipinski definition) is 2. The summed E-state index contributed by atoms with van der Waals surface area (Å²) in [5.74, 6) is 0.655. The molecule has 29 heavy (non-hydrogen) atoms. The molecule has 0 spiro atoms. The first-order valence-electron chi connectivity index (χ1n) is 8.80. The number of hydrogen-bond acceptors (Lipinski definition) is 4. The third-order valence-corrected chi connectivity index (χ3v) is 4.49. The lowest BCUT2D eigenvalue weighted by atomic mass is 10.1. The number of benzene rings is 4. The van der Waals surface area contributed by atoms with E-state index >= 15 is 0 Å². The third kappa shape index (κ3) is 3.95. The number of oxime groups is 1. The summed E-state index contributed by atoms with van der Waals surface area (Å²) in [4.78, 5) is 23.2. The fourth-order valence-electron chi connectivity index (χ4n) is 2.97. The largest absolute Gasteiger partial charge is 0.368 e. The van der Waals surface area contributed by atoms with E-state index in [4.69, 9.17) is 15.4 Å². The standard InChI is InChI=1S/C22H17N3O3S/c23-21(24-27-19-13-5-9-15-7-1-3-11-17(15)19)25(22(26)29)28-20-14-6-10-16-8-2-4-12-18(16)20/h1-14H,(H2,23,24)(H,26,29). The maximum absolute atomic E-state index is 12.0. The molecule has 144 valence electrons. The molecule has 0 aromatic heterocycles. The van der Waals surface area contributed by atoms with Crippen LogP contribution in [0.5, 0.6) is 11.5 Å². The molecule has 0 aliphatic carbocycles. The normalized spacial score (nSPS) is 11.4. The zero-order valence-electron chi connectivity index (χ0n) is 15.2. The van der Waals surface area contributed by atoms with E-state index in [-0.39, 0.29) is 5.96 Å². The Bertz CT molecular complexity index is 1220. The summed E-state index contributed by atoms with van der Waals surface area (Å²) >= 11 is 3.84. The molecule has 0 unspecified atom stereocenters. The van der Waals surface area contributed by atoms with Gasteiger partial charge in [-0.25, -0.2) is 0 Å². The number of nitrogens with zero attached hydrogens (tertiary/aromatic N) is 2. The number of hydroxylamine groups is 2. The van der Waals surface area contributed by atoms with E-state index in [1.807, 2.05) is 72.8 Å². The zero-order valence-corrected chi connectivity index (χ0v) is 16.1. The van der Waals surface area contributed by atoms with Gasteiger partial charge in [-0.2, -0.15) is 0 Å². The van der Waals surface area contributed by atoms with Crippen LogP contribution < -0.4 is 15.4 Å².